The van der Waals surface area contributed by atoms with E-state index in [1.165, 1.54) is 11.1 Å². The first-order valence-electron chi connectivity index (χ1n) is 6.17. The highest BCUT2D eigenvalue weighted by Gasteiger charge is 2.28. The third kappa shape index (κ3) is 2.43. The van der Waals surface area contributed by atoms with E-state index in [9.17, 15) is 5.26 Å². The molecule has 0 fully saturated rings. The van der Waals surface area contributed by atoms with Crippen molar-refractivity contribution in [3.05, 3.63) is 71.3 Å². The first-order chi connectivity index (χ1) is 8.65. The van der Waals surface area contributed by atoms with Crippen molar-refractivity contribution < 1.29 is 0 Å². The minimum absolute atomic E-state index is 0.466. The molecule has 0 aliphatic carbocycles. The van der Waals surface area contributed by atoms with Crippen LogP contribution in [-0.2, 0) is 11.8 Å². The molecule has 1 nitrogen and oxygen atoms in total. The van der Waals surface area contributed by atoms with Crippen LogP contribution in [0, 0.1) is 18.3 Å². The van der Waals surface area contributed by atoms with Crippen molar-refractivity contribution in [3.8, 4) is 6.07 Å². The van der Waals surface area contributed by atoms with E-state index >= 15 is 0 Å². The van der Waals surface area contributed by atoms with Crippen LogP contribution in [0.3, 0.4) is 0 Å². The van der Waals surface area contributed by atoms with E-state index in [0.717, 1.165) is 12.0 Å². The SMILES string of the molecule is Cc1ccccc1C(C)(C#N)Cc1ccccc1. The summed E-state index contributed by atoms with van der Waals surface area (Å²) in [6.07, 6.45) is 0.745. The molecular weight excluding hydrogens is 218 g/mol. The summed E-state index contributed by atoms with van der Waals surface area (Å²) in [6, 6.07) is 20.8. The standard InChI is InChI=1S/C17H17N/c1-14-8-6-7-11-16(14)17(2,13-18)12-15-9-4-3-5-10-15/h3-11H,12H2,1-2H3. The third-order valence-corrected chi connectivity index (χ3v) is 3.39. The van der Waals surface area contributed by atoms with Gasteiger partial charge >= 0.3 is 0 Å². The van der Waals surface area contributed by atoms with Gasteiger partial charge in [-0.1, -0.05) is 54.6 Å². The molecule has 0 aliphatic heterocycles. The average Bonchev–Trinajstić information content (AvgIpc) is 2.40. The molecule has 2 aromatic carbocycles. The van der Waals surface area contributed by atoms with Gasteiger partial charge in [0.05, 0.1) is 11.5 Å². The predicted octanol–water partition coefficient (Wildman–Crippen LogP) is 4.02. The zero-order valence-corrected chi connectivity index (χ0v) is 10.9. The molecule has 1 unspecified atom stereocenters. The Kier molecular flexibility index (Phi) is 3.48. The summed E-state index contributed by atoms with van der Waals surface area (Å²) in [6.45, 7) is 4.08. The second kappa shape index (κ2) is 5.06. The summed E-state index contributed by atoms with van der Waals surface area (Å²) in [4.78, 5) is 0. The van der Waals surface area contributed by atoms with Crippen LogP contribution < -0.4 is 0 Å². The van der Waals surface area contributed by atoms with E-state index in [2.05, 4.69) is 37.3 Å². The highest BCUT2D eigenvalue weighted by Crippen LogP contribution is 2.29. The molecule has 0 aromatic heterocycles. The smallest absolute Gasteiger partial charge is 0.0837 e. The van der Waals surface area contributed by atoms with Crippen LogP contribution in [0.15, 0.2) is 54.6 Å². The zero-order valence-electron chi connectivity index (χ0n) is 10.9. The van der Waals surface area contributed by atoms with E-state index in [0.29, 0.717) is 0 Å². The van der Waals surface area contributed by atoms with Crippen molar-refractivity contribution >= 4 is 0 Å². The highest BCUT2D eigenvalue weighted by molar-refractivity contribution is 5.39. The fourth-order valence-electron chi connectivity index (χ4n) is 2.39. The first kappa shape index (κ1) is 12.4. The number of benzene rings is 2. The number of rotatable bonds is 3. The van der Waals surface area contributed by atoms with E-state index < -0.39 is 5.41 Å². The Morgan fingerprint density at radius 1 is 1.00 bits per heavy atom. The summed E-state index contributed by atoms with van der Waals surface area (Å²) in [7, 11) is 0. The van der Waals surface area contributed by atoms with Gasteiger partial charge in [-0.05, 0) is 37.0 Å². The van der Waals surface area contributed by atoms with E-state index in [1.807, 2.05) is 37.3 Å². The van der Waals surface area contributed by atoms with E-state index in [-0.39, 0.29) is 0 Å². The molecule has 2 rings (SSSR count). The summed E-state index contributed by atoms with van der Waals surface area (Å²) in [5, 5.41) is 9.57. The molecule has 0 amide bonds. The Labute approximate surface area is 109 Å². The van der Waals surface area contributed by atoms with Crippen molar-refractivity contribution in [2.24, 2.45) is 0 Å². The Morgan fingerprint density at radius 2 is 1.61 bits per heavy atom. The van der Waals surface area contributed by atoms with E-state index in [4.69, 9.17) is 0 Å². The topological polar surface area (TPSA) is 23.8 Å². The number of hydrogen-bond acceptors (Lipinski definition) is 1. The van der Waals surface area contributed by atoms with Gasteiger partial charge in [-0.2, -0.15) is 5.26 Å². The van der Waals surface area contributed by atoms with Gasteiger partial charge in [-0.15, -0.1) is 0 Å². The van der Waals surface area contributed by atoms with Crippen LogP contribution >= 0.6 is 0 Å². The maximum atomic E-state index is 9.57. The molecule has 0 bridgehead atoms. The monoisotopic (exact) mass is 235 g/mol. The third-order valence-electron chi connectivity index (χ3n) is 3.39. The molecule has 2 aromatic rings. The zero-order chi connectivity index (χ0) is 13.0. The largest absolute Gasteiger partial charge is 0.197 e. The minimum atomic E-state index is -0.466. The summed E-state index contributed by atoms with van der Waals surface area (Å²) in [5.41, 5.74) is 3.03. The van der Waals surface area contributed by atoms with Crippen molar-refractivity contribution in [3.63, 3.8) is 0 Å². The number of aryl methyl sites for hydroxylation is 1. The lowest BCUT2D eigenvalue weighted by molar-refractivity contribution is 0.602. The van der Waals surface area contributed by atoms with Gasteiger partial charge in [-0.3, -0.25) is 0 Å². The molecule has 1 atom stereocenters. The summed E-state index contributed by atoms with van der Waals surface area (Å²) >= 11 is 0. The van der Waals surface area contributed by atoms with Gasteiger partial charge in [0.1, 0.15) is 0 Å². The van der Waals surface area contributed by atoms with Gasteiger partial charge in [0, 0.05) is 0 Å². The molecule has 0 heterocycles. The van der Waals surface area contributed by atoms with Crippen molar-refractivity contribution in [1.82, 2.24) is 0 Å². The van der Waals surface area contributed by atoms with Gasteiger partial charge in [0.2, 0.25) is 0 Å². The Hall–Kier alpha value is -2.07. The molecule has 18 heavy (non-hydrogen) atoms. The number of hydrogen-bond donors (Lipinski definition) is 0. The van der Waals surface area contributed by atoms with Crippen LogP contribution in [0.1, 0.15) is 23.6 Å². The normalized spacial score (nSPS) is 13.6. The molecule has 0 saturated heterocycles. The highest BCUT2D eigenvalue weighted by atomic mass is 14.4. The number of nitriles is 1. The van der Waals surface area contributed by atoms with Crippen LogP contribution in [0.4, 0.5) is 0 Å². The van der Waals surface area contributed by atoms with Gasteiger partial charge in [0.25, 0.3) is 0 Å². The predicted molar refractivity (Wildman–Crippen MR) is 74.3 cm³/mol. The van der Waals surface area contributed by atoms with Crippen LogP contribution in [0.25, 0.3) is 0 Å². The Balaban J connectivity index is 2.38. The molecule has 0 saturated carbocycles. The molecule has 1 heteroatoms. The lowest BCUT2D eigenvalue weighted by Gasteiger charge is -2.24. The molecule has 0 spiro atoms. The van der Waals surface area contributed by atoms with Crippen molar-refractivity contribution in [1.29, 1.82) is 5.26 Å². The minimum Gasteiger partial charge on any atom is -0.197 e. The maximum absolute atomic E-state index is 9.57. The molecular formula is C17H17N. The molecule has 0 aliphatic rings. The average molecular weight is 235 g/mol. The van der Waals surface area contributed by atoms with Crippen LogP contribution in [-0.4, -0.2) is 0 Å². The molecule has 0 N–H and O–H groups in total. The second-order valence-electron chi connectivity index (χ2n) is 4.92. The second-order valence-corrected chi connectivity index (χ2v) is 4.92. The molecule has 0 radical (unpaired) electrons. The Morgan fingerprint density at radius 3 is 2.22 bits per heavy atom. The summed E-state index contributed by atoms with van der Waals surface area (Å²) in [5.74, 6) is 0. The van der Waals surface area contributed by atoms with Crippen LogP contribution in [0.5, 0.6) is 0 Å². The Bertz CT molecular complexity index is 566. The van der Waals surface area contributed by atoms with Crippen molar-refractivity contribution in [2.45, 2.75) is 25.7 Å². The maximum Gasteiger partial charge on any atom is 0.0837 e. The van der Waals surface area contributed by atoms with E-state index in [1.54, 1.807) is 0 Å². The quantitative estimate of drug-likeness (QED) is 0.788. The fourth-order valence-corrected chi connectivity index (χ4v) is 2.39. The van der Waals surface area contributed by atoms with Gasteiger partial charge in [0.15, 0.2) is 0 Å². The fraction of sp³-hybridized carbons (Fsp3) is 0.235. The first-order valence-corrected chi connectivity index (χ1v) is 6.17. The number of nitrogens with zero attached hydrogens (tertiary/aromatic N) is 1. The lowest BCUT2D eigenvalue weighted by Crippen LogP contribution is -2.23. The van der Waals surface area contributed by atoms with Crippen molar-refractivity contribution in [2.75, 3.05) is 0 Å². The van der Waals surface area contributed by atoms with Gasteiger partial charge < -0.3 is 0 Å². The summed E-state index contributed by atoms with van der Waals surface area (Å²) < 4.78 is 0. The van der Waals surface area contributed by atoms with Crippen LogP contribution in [0.2, 0.25) is 0 Å². The lowest BCUT2D eigenvalue weighted by atomic mass is 9.77. The van der Waals surface area contributed by atoms with Gasteiger partial charge in [-0.25, -0.2) is 0 Å². The molecule has 90 valence electrons.